The van der Waals surface area contributed by atoms with Crippen LogP contribution in [0.25, 0.3) is 5.69 Å². The van der Waals surface area contributed by atoms with Gasteiger partial charge in [0.2, 0.25) is 0 Å². The van der Waals surface area contributed by atoms with Crippen LogP contribution < -0.4 is 10.6 Å². The molecular formula is C17H19ClF4N4O. The Kier molecular flexibility index (Phi) is 6.48. The molecule has 5 nitrogen and oxygen atoms in total. The second kappa shape index (κ2) is 8.26. The van der Waals surface area contributed by atoms with Gasteiger partial charge in [0.1, 0.15) is 11.5 Å². The highest BCUT2D eigenvalue weighted by Crippen LogP contribution is 2.34. The van der Waals surface area contributed by atoms with Crippen molar-refractivity contribution >= 4 is 18.3 Å². The summed E-state index contributed by atoms with van der Waals surface area (Å²) >= 11 is 0. The number of amides is 1. The van der Waals surface area contributed by atoms with Crippen LogP contribution in [0.15, 0.2) is 30.5 Å². The molecule has 1 amide bonds. The minimum Gasteiger partial charge on any atom is -0.348 e. The monoisotopic (exact) mass is 406 g/mol. The van der Waals surface area contributed by atoms with Gasteiger partial charge in [0.15, 0.2) is 5.69 Å². The van der Waals surface area contributed by atoms with Gasteiger partial charge in [-0.05, 0) is 38.4 Å². The second-order valence-corrected chi connectivity index (χ2v) is 6.23. The van der Waals surface area contributed by atoms with E-state index >= 15 is 0 Å². The van der Waals surface area contributed by atoms with Crippen LogP contribution in [0.5, 0.6) is 0 Å². The number of piperidine rings is 1. The number of carbonyl (C=O) groups is 1. The third kappa shape index (κ3) is 4.41. The molecule has 27 heavy (non-hydrogen) atoms. The molecule has 2 heterocycles. The van der Waals surface area contributed by atoms with Crippen LogP contribution in [0, 0.1) is 5.82 Å². The average Bonchev–Trinajstić information content (AvgIpc) is 3.02. The van der Waals surface area contributed by atoms with Gasteiger partial charge in [0.05, 0.1) is 11.8 Å². The van der Waals surface area contributed by atoms with Crippen molar-refractivity contribution in [1.82, 2.24) is 20.4 Å². The van der Waals surface area contributed by atoms with Crippen molar-refractivity contribution in [2.24, 2.45) is 0 Å². The van der Waals surface area contributed by atoms with Gasteiger partial charge in [-0.2, -0.15) is 18.3 Å². The van der Waals surface area contributed by atoms with E-state index in [-0.39, 0.29) is 30.2 Å². The van der Waals surface area contributed by atoms with Gasteiger partial charge in [-0.3, -0.25) is 4.79 Å². The highest BCUT2D eigenvalue weighted by Gasteiger charge is 2.41. The molecule has 0 spiro atoms. The van der Waals surface area contributed by atoms with Crippen LogP contribution in [-0.4, -0.2) is 34.3 Å². The third-order valence-corrected chi connectivity index (χ3v) is 4.44. The topological polar surface area (TPSA) is 58.9 Å². The van der Waals surface area contributed by atoms with E-state index in [1.54, 1.807) is 0 Å². The molecule has 0 saturated carbocycles. The number of hydrogen-bond acceptors (Lipinski definition) is 3. The predicted octanol–water partition coefficient (Wildman–Crippen LogP) is 3.32. The summed E-state index contributed by atoms with van der Waals surface area (Å²) in [5.74, 6) is -1.74. The van der Waals surface area contributed by atoms with Gasteiger partial charge in [0.25, 0.3) is 5.91 Å². The Balaban J connectivity index is 0.00000261. The van der Waals surface area contributed by atoms with Gasteiger partial charge in [0, 0.05) is 12.1 Å². The zero-order valence-electron chi connectivity index (χ0n) is 14.4. The average molecular weight is 407 g/mol. The molecule has 1 aliphatic heterocycles. The maximum Gasteiger partial charge on any atom is 0.434 e. The van der Waals surface area contributed by atoms with Gasteiger partial charge in [-0.1, -0.05) is 12.1 Å². The molecule has 1 saturated heterocycles. The molecule has 1 aromatic heterocycles. The first kappa shape index (κ1) is 21.2. The van der Waals surface area contributed by atoms with Crippen LogP contribution in [-0.2, 0) is 6.18 Å². The highest BCUT2D eigenvalue weighted by molar-refractivity contribution is 5.95. The molecule has 148 valence electrons. The minimum absolute atomic E-state index is 0. The Morgan fingerprint density at radius 2 is 2.04 bits per heavy atom. The summed E-state index contributed by atoms with van der Waals surface area (Å²) in [6.07, 6.45) is -2.56. The second-order valence-electron chi connectivity index (χ2n) is 6.23. The van der Waals surface area contributed by atoms with Crippen molar-refractivity contribution in [3.63, 3.8) is 0 Å². The van der Waals surface area contributed by atoms with Crippen molar-refractivity contribution in [3.8, 4) is 5.69 Å². The number of para-hydroxylation sites is 1. The molecule has 0 bridgehead atoms. The molecule has 1 aromatic carbocycles. The van der Waals surface area contributed by atoms with E-state index in [0.29, 0.717) is 11.1 Å². The Labute approximate surface area is 159 Å². The first-order valence-corrected chi connectivity index (χ1v) is 8.23. The molecular weight excluding hydrogens is 388 g/mol. The molecule has 2 atom stereocenters. The molecule has 1 fully saturated rings. The lowest BCUT2D eigenvalue weighted by atomic mass is 9.99. The lowest BCUT2D eigenvalue weighted by molar-refractivity contribution is -0.143. The van der Waals surface area contributed by atoms with Crippen molar-refractivity contribution in [1.29, 1.82) is 0 Å². The zero-order chi connectivity index (χ0) is 18.9. The first-order chi connectivity index (χ1) is 12.3. The van der Waals surface area contributed by atoms with Crippen molar-refractivity contribution in [2.45, 2.75) is 38.0 Å². The molecule has 0 radical (unpaired) electrons. The van der Waals surface area contributed by atoms with Crippen molar-refractivity contribution < 1.29 is 22.4 Å². The number of halogens is 5. The number of hydrogen-bond donors (Lipinski definition) is 2. The van der Waals surface area contributed by atoms with Gasteiger partial charge >= 0.3 is 6.18 Å². The van der Waals surface area contributed by atoms with Gasteiger partial charge < -0.3 is 10.6 Å². The van der Waals surface area contributed by atoms with Crippen molar-refractivity contribution in [2.75, 3.05) is 6.54 Å². The van der Waals surface area contributed by atoms with E-state index in [9.17, 15) is 22.4 Å². The fraction of sp³-hybridized carbons (Fsp3) is 0.412. The molecule has 10 heteroatoms. The highest BCUT2D eigenvalue weighted by atomic mass is 35.5. The fourth-order valence-electron chi connectivity index (χ4n) is 3.08. The Morgan fingerprint density at radius 1 is 1.33 bits per heavy atom. The Morgan fingerprint density at radius 3 is 2.67 bits per heavy atom. The lowest BCUT2D eigenvalue weighted by Crippen LogP contribution is -2.52. The summed E-state index contributed by atoms with van der Waals surface area (Å²) in [4.78, 5) is 12.5. The van der Waals surface area contributed by atoms with E-state index in [4.69, 9.17) is 0 Å². The molecule has 2 unspecified atom stereocenters. The number of benzene rings is 1. The summed E-state index contributed by atoms with van der Waals surface area (Å²) in [6.45, 7) is 2.66. The van der Waals surface area contributed by atoms with Crippen LogP contribution >= 0.6 is 12.4 Å². The van der Waals surface area contributed by atoms with Crippen LogP contribution in [0.2, 0.25) is 0 Å². The summed E-state index contributed by atoms with van der Waals surface area (Å²) in [5.41, 5.74) is -2.29. The molecule has 2 aromatic rings. The van der Waals surface area contributed by atoms with Crippen LogP contribution in [0.1, 0.15) is 35.8 Å². The van der Waals surface area contributed by atoms with E-state index in [1.807, 2.05) is 6.92 Å². The smallest absolute Gasteiger partial charge is 0.348 e. The number of nitrogens with one attached hydrogen (secondary N) is 2. The quantitative estimate of drug-likeness (QED) is 0.769. The van der Waals surface area contributed by atoms with Gasteiger partial charge in [-0.15, -0.1) is 12.4 Å². The third-order valence-electron chi connectivity index (χ3n) is 4.44. The van der Waals surface area contributed by atoms with Gasteiger partial charge in [-0.25, -0.2) is 9.07 Å². The van der Waals surface area contributed by atoms with Crippen molar-refractivity contribution in [3.05, 3.63) is 47.5 Å². The number of carbonyl (C=O) groups excluding carboxylic acids is 1. The Bertz CT molecular complexity index is 808. The lowest BCUT2D eigenvalue weighted by Gasteiger charge is -2.30. The Hall–Kier alpha value is -2.13. The predicted molar refractivity (Wildman–Crippen MR) is 93.7 cm³/mol. The number of alkyl halides is 3. The minimum atomic E-state index is -4.87. The number of nitrogens with zero attached hydrogens (tertiary/aromatic N) is 2. The maximum absolute atomic E-state index is 13.9. The summed E-state index contributed by atoms with van der Waals surface area (Å²) in [5, 5.41) is 9.42. The normalized spacial score (nSPS) is 20.0. The number of rotatable bonds is 3. The molecule has 0 aliphatic carbocycles. The summed E-state index contributed by atoms with van der Waals surface area (Å²) in [6, 6.07) is 4.63. The van der Waals surface area contributed by atoms with Crippen LogP contribution in [0.3, 0.4) is 0 Å². The van der Waals surface area contributed by atoms with E-state index in [1.165, 1.54) is 18.2 Å². The maximum atomic E-state index is 13.9. The van der Waals surface area contributed by atoms with Crippen LogP contribution in [0.4, 0.5) is 17.6 Å². The molecule has 1 aliphatic rings. The molecule has 2 N–H and O–H groups in total. The first-order valence-electron chi connectivity index (χ1n) is 8.23. The number of aromatic nitrogens is 2. The van der Waals surface area contributed by atoms with E-state index in [2.05, 4.69) is 15.7 Å². The fourth-order valence-corrected chi connectivity index (χ4v) is 3.08. The zero-order valence-corrected chi connectivity index (χ0v) is 15.2. The van der Waals surface area contributed by atoms with E-state index in [0.717, 1.165) is 25.2 Å². The SMILES string of the molecule is CC1NCCCC1NC(=O)c1cnn(-c2ccccc2F)c1C(F)(F)F.Cl. The summed E-state index contributed by atoms with van der Waals surface area (Å²) in [7, 11) is 0. The summed E-state index contributed by atoms with van der Waals surface area (Å²) < 4.78 is 55.2. The van der Waals surface area contributed by atoms with E-state index < -0.39 is 29.2 Å². The molecule has 3 rings (SSSR count). The standard InChI is InChI=1S/C17H18F4N4O.ClH/c1-10-13(6-4-8-22-10)24-16(26)11-9-23-25(15(11)17(19,20)21)14-7-3-2-5-12(14)18;/h2-3,5,7,9-10,13,22H,4,6,8H2,1H3,(H,24,26);1H. The largest absolute Gasteiger partial charge is 0.434 e.